The lowest BCUT2D eigenvalue weighted by atomic mass is 9.79. The predicted molar refractivity (Wildman–Crippen MR) is 111 cm³/mol. The van der Waals surface area contributed by atoms with Crippen molar-refractivity contribution in [2.24, 2.45) is 0 Å². The summed E-state index contributed by atoms with van der Waals surface area (Å²) in [6.07, 6.45) is 2.28. The van der Waals surface area contributed by atoms with Crippen LogP contribution in [-0.4, -0.2) is 36.3 Å². The van der Waals surface area contributed by atoms with Crippen molar-refractivity contribution < 1.29 is 9.31 Å². The molecule has 142 valence electrons. The van der Waals surface area contributed by atoms with E-state index in [2.05, 4.69) is 81.1 Å². The van der Waals surface area contributed by atoms with E-state index < -0.39 is 0 Å². The molecule has 1 fully saturated rings. The van der Waals surface area contributed by atoms with Crippen LogP contribution in [0.3, 0.4) is 0 Å². The Kier molecular flexibility index (Phi) is 4.92. The van der Waals surface area contributed by atoms with Crippen molar-refractivity contribution in [1.82, 2.24) is 4.90 Å². The van der Waals surface area contributed by atoms with Crippen molar-refractivity contribution in [3.63, 3.8) is 0 Å². The summed E-state index contributed by atoms with van der Waals surface area (Å²) in [5.74, 6) is 0. The first kappa shape index (κ1) is 18.7. The summed E-state index contributed by atoms with van der Waals surface area (Å²) in [6.45, 7) is 11.6. The smallest absolute Gasteiger partial charge is 0.399 e. The van der Waals surface area contributed by atoms with E-state index in [-0.39, 0.29) is 18.3 Å². The molecule has 4 heteroatoms. The molecule has 2 aliphatic rings. The van der Waals surface area contributed by atoms with Crippen molar-refractivity contribution >= 4 is 12.6 Å². The molecule has 0 saturated carbocycles. The molecule has 0 radical (unpaired) electrons. The largest absolute Gasteiger partial charge is 0.494 e. The second-order valence-corrected chi connectivity index (χ2v) is 8.87. The Morgan fingerprint density at radius 3 is 1.85 bits per heavy atom. The molecule has 0 amide bonds. The number of benzene rings is 2. The standard InChI is InChI=1S/C23H30BNO2/c1-22(2)23(3,4)27-24(26-22)21-11-9-18(10-12-21)17-25-15-13-19-7-5-6-8-20(19)14-16-25/h5-12H,13-17H2,1-4H3. The van der Waals surface area contributed by atoms with Crippen molar-refractivity contribution in [2.75, 3.05) is 13.1 Å². The van der Waals surface area contributed by atoms with Crippen LogP contribution in [0.4, 0.5) is 0 Å². The molecule has 2 heterocycles. The second kappa shape index (κ2) is 7.08. The Bertz CT molecular complexity index is 757. The summed E-state index contributed by atoms with van der Waals surface area (Å²) in [7, 11) is -0.281. The second-order valence-electron chi connectivity index (χ2n) is 8.87. The molecule has 0 N–H and O–H groups in total. The van der Waals surface area contributed by atoms with Gasteiger partial charge in [0.2, 0.25) is 0 Å². The van der Waals surface area contributed by atoms with Gasteiger partial charge < -0.3 is 9.31 Å². The van der Waals surface area contributed by atoms with E-state index in [1.165, 1.54) is 16.7 Å². The zero-order chi connectivity index (χ0) is 19.1. The van der Waals surface area contributed by atoms with Crippen molar-refractivity contribution in [1.29, 1.82) is 0 Å². The van der Waals surface area contributed by atoms with Crippen LogP contribution in [0, 0.1) is 0 Å². The lowest BCUT2D eigenvalue weighted by Gasteiger charge is -2.32. The van der Waals surface area contributed by atoms with E-state index in [0.29, 0.717) is 0 Å². The topological polar surface area (TPSA) is 21.7 Å². The van der Waals surface area contributed by atoms with Gasteiger partial charge in [-0.05, 0) is 62.7 Å². The Balaban J connectivity index is 1.39. The Labute approximate surface area is 163 Å². The molecule has 0 atom stereocenters. The van der Waals surface area contributed by atoms with Crippen LogP contribution in [0.15, 0.2) is 48.5 Å². The minimum atomic E-state index is -0.294. The number of rotatable bonds is 3. The quantitative estimate of drug-likeness (QED) is 0.778. The molecule has 0 spiro atoms. The molecular formula is C23H30BNO2. The highest BCUT2D eigenvalue weighted by molar-refractivity contribution is 6.62. The maximum atomic E-state index is 6.16. The number of nitrogens with zero attached hydrogens (tertiary/aromatic N) is 1. The normalized spacial score (nSPS) is 21.7. The van der Waals surface area contributed by atoms with Crippen molar-refractivity contribution in [2.45, 2.75) is 58.3 Å². The highest BCUT2D eigenvalue weighted by Gasteiger charge is 2.51. The van der Waals surface area contributed by atoms with Crippen LogP contribution in [0.5, 0.6) is 0 Å². The lowest BCUT2D eigenvalue weighted by Crippen LogP contribution is -2.41. The molecule has 2 aromatic rings. The molecule has 1 saturated heterocycles. The van der Waals surface area contributed by atoms with Gasteiger partial charge in [-0.3, -0.25) is 4.90 Å². The number of hydrogen-bond donors (Lipinski definition) is 0. The van der Waals surface area contributed by atoms with Gasteiger partial charge in [-0.1, -0.05) is 48.5 Å². The Morgan fingerprint density at radius 2 is 1.33 bits per heavy atom. The monoisotopic (exact) mass is 363 g/mol. The van der Waals surface area contributed by atoms with Gasteiger partial charge in [-0.15, -0.1) is 0 Å². The van der Waals surface area contributed by atoms with Gasteiger partial charge in [0.25, 0.3) is 0 Å². The maximum absolute atomic E-state index is 6.16. The summed E-state index contributed by atoms with van der Waals surface area (Å²) >= 11 is 0. The first-order valence-corrected chi connectivity index (χ1v) is 10.1. The van der Waals surface area contributed by atoms with Crippen LogP contribution < -0.4 is 5.46 Å². The van der Waals surface area contributed by atoms with E-state index in [4.69, 9.17) is 9.31 Å². The van der Waals surface area contributed by atoms with Gasteiger partial charge in [0.05, 0.1) is 11.2 Å². The number of fused-ring (bicyclic) bond motifs is 1. The zero-order valence-corrected chi connectivity index (χ0v) is 17.0. The summed E-state index contributed by atoms with van der Waals surface area (Å²) < 4.78 is 12.3. The molecule has 0 unspecified atom stereocenters. The molecule has 3 nitrogen and oxygen atoms in total. The fourth-order valence-electron chi connectivity index (χ4n) is 3.89. The molecule has 0 aliphatic carbocycles. The summed E-state index contributed by atoms with van der Waals surface area (Å²) in [5, 5.41) is 0. The lowest BCUT2D eigenvalue weighted by molar-refractivity contribution is 0.00578. The van der Waals surface area contributed by atoms with Gasteiger partial charge in [-0.2, -0.15) is 0 Å². The van der Waals surface area contributed by atoms with Crippen molar-refractivity contribution in [3.05, 3.63) is 65.2 Å². The molecule has 0 aromatic heterocycles. The van der Waals surface area contributed by atoms with Crippen LogP contribution >= 0.6 is 0 Å². The first-order chi connectivity index (χ1) is 12.8. The van der Waals surface area contributed by atoms with E-state index >= 15 is 0 Å². The minimum Gasteiger partial charge on any atom is -0.399 e. The maximum Gasteiger partial charge on any atom is 0.494 e. The molecule has 2 aromatic carbocycles. The molecule has 27 heavy (non-hydrogen) atoms. The van der Waals surface area contributed by atoms with E-state index in [0.717, 1.165) is 37.9 Å². The first-order valence-electron chi connectivity index (χ1n) is 10.1. The van der Waals surface area contributed by atoms with Gasteiger partial charge in [0.1, 0.15) is 0 Å². The van der Waals surface area contributed by atoms with Crippen LogP contribution in [0.25, 0.3) is 0 Å². The van der Waals surface area contributed by atoms with Crippen LogP contribution in [-0.2, 0) is 28.7 Å². The summed E-state index contributed by atoms with van der Waals surface area (Å²) in [6, 6.07) is 17.6. The molecule has 4 rings (SSSR count). The van der Waals surface area contributed by atoms with E-state index in [1.54, 1.807) is 0 Å². The van der Waals surface area contributed by atoms with Crippen LogP contribution in [0.1, 0.15) is 44.4 Å². The fourth-order valence-corrected chi connectivity index (χ4v) is 3.89. The van der Waals surface area contributed by atoms with E-state index in [1.807, 2.05) is 0 Å². The van der Waals surface area contributed by atoms with Gasteiger partial charge in [-0.25, -0.2) is 0 Å². The van der Waals surface area contributed by atoms with Gasteiger partial charge >= 0.3 is 7.12 Å². The Hall–Kier alpha value is -1.62. The summed E-state index contributed by atoms with van der Waals surface area (Å²) in [5.41, 5.74) is 4.88. The van der Waals surface area contributed by atoms with Crippen molar-refractivity contribution in [3.8, 4) is 0 Å². The third-order valence-electron chi connectivity index (χ3n) is 6.42. The third kappa shape index (κ3) is 3.84. The average Bonchev–Trinajstić information content (AvgIpc) is 2.77. The van der Waals surface area contributed by atoms with Crippen LogP contribution in [0.2, 0.25) is 0 Å². The highest BCUT2D eigenvalue weighted by atomic mass is 16.7. The highest BCUT2D eigenvalue weighted by Crippen LogP contribution is 2.36. The van der Waals surface area contributed by atoms with E-state index in [9.17, 15) is 0 Å². The molecule has 0 bridgehead atoms. The summed E-state index contributed by atoms with van der Waals surface area (Å²) in [4.78, 5) is 2.56. The predicted octanol–water partition coefficient (Wildman–Crippen LogP) is 3.59. The average molecular weight is 363 g/mol. The minimum absolute atomic E-state index is 0.281. The number of hydrogen-bond acceptors (Lipinski definition) is 3. The Morgan fingerprint density at radius 1 is 0.815 bits per heavy atom. The third-order valence-corrected chi connectivity index (χ3v) is 6.42. The molecule has 2 aliphatic heterocycles. The van der Waals surface area contributed by atoms with Gasteiger partial charge in [0.15, 0.2) is 0 Å². The SMILES string of the molecule is CC1(C)OB(c2ccc(CN3CCc4ccccc4CC3)cc2)OC1(C)C. The van der Waals surface area contributed by atoms with Gasteiger partial charge in [0, 0.05) is 19.6 Å². The molecular weight excluding hydrogens is 333 g/mol. The zero-order valence-electron chi connectivity index (χ0n) is 17.0. The fraction of sp³-hybridized carbons (Fsp3) is 0.478.